The van der Waals surface area contributed by atoms with Crippen molar-refractivity contribution in [3.63, 3.8) is 0 Å². The van der Waals surface area contributed by atoms with Crippen LogP contribution in [0.15, 0.2) is 48.5 Å². The number of halogens is 1. The van der Waals surface area contributed by atoms with Gasteiger partial charge in [0.1, 0.15) is 5.82 Å². The molecular formula is C16H14FN. The molecule has 2 heteroatoms. The van der Waals surface area contributed by atoms with Gasteiger partial charge in [0.25, 0.3) is 0 Å². The first kappa shape index (κ1) is 11.0. The highest BCUT2D eigenvalue weighted by molar-refractivity contribution is 5.39. The summed E-state index contributed by atoms with van der Waals surface area (Å²) in [6.07, 6.45) is 4.17. The molecule has 2 aromatic rings. The van der Waals surface area contributed by atoms with E-state index in [1.807, 2.05) is 30.5 Å². The van der Waals surface area contributed by atoms with E-state index in [0.717, 1.165) is 23.5 Å². The Morgan fingerprint density at radius 2 is 1.83 bits per heavy atom. The molecular weight excluding hydrogens is 225 g/mol. The van der Waals surface area contributed by atoms with E-state index in [4.69, 9.17) is 0 Å². The fourth-order valence-corrected chi connectivity index (χ4v) is 2.24. The first-order valence-electron chi connectivity index (χ1n) is 6.07. The monoisotopic (exact) mass is 239 g/mol. The van der Waals surface area contributed by atoms with E-state index in [2.05, 4.69) is 23.1 Å². The largest absolute Gasteiger partial charge is 0.369 e. The molecule has 18 heavy (non-hydrogen) atoms. The van der Waals surface area contributed by atoms with Gasteiger partial charge in [0, 0.05) is 24.5 Å². The van der Waals surface area contributed by atoms with Gasteiger partial charge in [-0.25, -0.2) is 4.39 Å². The smallest absolute Gasteiger partial charge is 0.123 e. The second kappa shape index (κ2) is 4.65. The summed E-state index contributed by atoms with van der Waals surface area (Å²) in [4.78, 5) is 2.19. The first-order valence-corrected chi connectivity index (χ1v) is 6.07. The highest BCUT2D eigenvalue weighted by atomic mass is 19.1. The molecule has 1 aliphatic heterocycles. The van der Waals surface area contributed by atoms with Crippen molar-refractivity contribution in [2.75, 3.05) is 6.54 Å². The number of hydrogen-bond acceptors (Lipinski definition) is 1. The molecule has 0 saturated carbocycles. The van der Waals surface area contributed by atoms with Gasteiger partial charge in [-0.2, -0.15) is 0 Å². The van der Waals surface area contributed by atoms with Crippen LogP contribution in [0.25, 0.3) is 12.3 Å². The van der Waals surface area contributed by atoms with Crippen LogP contribution in [0, 0.1) is 5.82 Å². The van der Waals surface area contributed by atoms with Crippen molar-refractivity contribution in [3.05, 3.63) is 70.3 Å². The van der Waals surface area contributed by atoms with Gasteiger partial charge in [0.2, 0.25) is 0 Å². The lowest BCUT2D eigenvalue weighted by Crippen LogP contribution is -2.35. The lowest BCUT2D eigenvalue weighted by molar-refractivity contribution is 0.454. The maximum atomic E-state index is 13.2. The van der Waals surface area contributed by atoms with E-state index in [-0.39, 0.29) is 5.82 Å². The molecule has 0 aromatic heterocycles. The zero-order valence-corrected chi connectivity index (χ0v) is 10.0. The van der Waals surface area contributed by atoms with Gasteiger partial charge in [-0.1, -0.05) is 42.5 Å². The lowest BCUT2D eigenvalue weighted by atomic mass is 10.1. The molecule has 0 aliphatic carbocycles. The molecule has 0 fully saturated rings. The first-order chi connectivity index (χ1) is 8.81. The molecule has 0 amide bonds. The van der Waals surface area contributed by atoms with Crippen LogP contribution < -0.4 is 10.4 Å². The summed E-state index contributed by atoms with van der Waals surface area (Å²) in [5.74, 6) is -0.181. The molecule has 1 nitrogen and oxygen atoms in total. The number of fused-ring (bicyclic) bond motifs is 1. The van der Waals surface area contributed by atoms with Gasteiger partial charge in [0.05, 0.1) is 0 Å². The predicted octanol–water partition coefficient (Wildman–Crippen LogP) is 1.86. The molecule has 2 aromatic carbocycles. The Hall–Kier alpha value is -2.09. The second-order valence-electron chi connectivity index (χ2n) is 4.52. The third kappa shape index (κ3) is 2.28. The van der Waals surface area contributed by atoms with Gasteiger partial charge in [-0.05, 0) is 22.9 Å². The van der Waals surface area contributed by atoms with Gasteiger partial charge in [0.15, 0.2) is 0 Å². The van der Waals surface area contributed by atoms with Crippen molar-refractivity contribution in [2.45, 2.75) is 6.54 Å². The third-order valence-electron chi connectivity index (χ3n) is 3.14. The molecule has 0 atom stereocenters. The number of hydrogen-bond donors (Lipinski definition) is 0. The molecule has 0 unspecified atom stereocenters. The molecule has 1 aliphatic rings. The van der Waals surface area contributed by atoms with Crippen molar-refractivity contribution in [3.8, 4) is 0 Å². The van der Waals surface area contributed by atoms with E-state index in [9.17, 15) is 4.39 Å². The third-order valence-corrected chi connectivity index (χ3v) is 3.14. The minimum Gasteiger partial charge on any atom is -0.369 e. The zero-order chi connectivity index (χ0) is 12.4. The summed E-state index contributed by atoms with van der Waals surface area (Å²) in [5.41, 5.74) is 1.27. The van der Waals surface area contributed by atoms with E-state index in [1.165, 1.54) is 11.6 Å². The van der Waals surface area contributed by atoms with E-state index >= 15 is 0 Å². The SMILES string of the molecule is Fc1ccc2c(c1)=CN(Cc1ccccc1)CC=2. The highest BCUT2D eigenvalue weighted by Crippen LogP contribution is 2.05. The molecule has 0 N–H and O–H groups in total. The van der Waals surface area contributed by atoms with Crippen LogP contribution in [-0.4, -0.2) is 11.4 Å². The average molecular weight is 239 g/mol. The maximum absolute atomic E-state index is 13.2. The molecule has 0 saturated heterocycles. The summed E-state index contributed by atoms with van der Waals surface area (Å²) in [5, 5.41) is 2.07. The van der Waals surface area contributed by atoms with Crippen LogP contribution in [0.2, 0.25) is 0 Å². The Balaban J connectivity index is 1.90. The minimum atomic E-state index is -0.181. The van der Waals surface area contributed by atoms with Gasteiger partial charge in [-0.3, -0.25) is 0 Å². The van der Waals surface area contributed by atoms with Crippen LogP contribution in [0.3, 0.4) is 0 Å². The zero-order valence-electron chi connectivity index (χ0n) is 10.0. The van der Waals surface area contributed by atoms with Crippen LogP contribution in [-0.2, 0) is 6.54 Å². The molecule has 0 radical (unpaired) electrons. The van der Waals surface area contributed by atoms with Crippen molar-refractivity contribution in [1.82, 2.24) is 4.90 Å². The van der Waals surface area contributed by atoms with E-state index in [0.29, 0.717) is 0 Å². The fourth-order valence-electron chi connectivity index (χ4n) is 2.24. The lowest BCUT2D eigenvalue weighted by Gasteiger charge is -2.21. The summed E-state index contributed by atoms with van der Waals surface area (Å²) >= 11 is 0. The molecule has 0 spiro atoms. The predicted molar refractivity (Wildman–Crippen MR) is 71.4 cm³/mol. The average Bonchev–Trinajstić information content (AvgIpc) is 2.39. The number of nitrogens with zero attached hydrogens (tertiary/aromatic N) is 1. The minimum absolute atomic E-state index is 0.181. The topological polar surface area (TPSA) is 3.24 Å². The van der Waals surface area contributed by atoms with Crippen molar-refractivity contribution in [1.29, 1.82) is 0 Å². The van der Waals surface area contributed by atoms with Crippen LogP contribution in [0.5, 0.6) is 0 Å². The van der Waals surface area contributed by atoms with Crippen LogP contribution in [0.1, 0.15) is 5.56 Å². The summed E-state index contributed by atoms with van der Waals surface area (Å²) in [6.45, 7) is 1.72. The van der Waals surface area contributed by atoms with Crippen molar-refractivity contribution >= 4 is 12.3 Å². The van der Waals surface area contributed by atoms with Gasteiger partial charge in [-0.15, -0.1) is 0 Å². The summed E-state index contributed by atoms with van der Waals surface area (Å²) in [6, 6.07) is 15.2. The summed E-state index contributed by atoms with van der Waals surface area (Å²) in [7, 11) is 0. The Bertz CT molecular complexity index is 661. The maximum Gasteiger partial charge on any atom is 0.123 e. The second-order valence-corrected chi connectivity index (χ2v) is 4.52. The number of rotatable bonds is 2. The quantitative estimate of drug-likeness (QED) is 0.773. The van der Waals surface area contributed by atoms with E-state index in [1.54, 1.807) is 6.07 Å². The Morgan fingerprint density at radius 1 is 1.00 bits per heavy atom. The number of benzene rings is 2. The standard InChI is InChI=1S/C16H14FN/c17-16-7-6-14-8-9-18(12-15(14)10-16)11-13-4-2-1-3-5-13/h1-8,10,12H,9,11H2. The van der Waals surface area contributed by atoms with Crippen LogP contribution in [0.4, 0.5) is 4.39 Å². The molecule has 3 rings (SSSR count). The van der Waals surface area contributed by atoms with Crippen LogP contribution >= 0.6 is 0 Å². The highest BCUT2D eigenvalue weighted by Gasteiger charge is 2.04. The van der Waals surface area contributed by atoms with Crippen molar-refractivity contribution < 1.29 is 4.39 Å². The van der Waals surface area contributed by atoms with E-state index < -0.39 is 0 Å². The van der Waals surface area contributed by atoms with Gasteiger partial charge < -0.3 is 4.90 Å². The fraction of sp³-hybridized carbons (Fsp3) is 0.125. The Kier molecular flexibility index (Phi) is 2.85. The molecule has 1 heterocycles. The molecule has 0 bridgehead atoms. The summed E-state index contributed by atoms with van der Waals surface area (Å²) < 4.78 is 13.2. The Morgan fingerprint density at radius 3 is 2.67 bits per heavy atom. The van der Waals surface area contributed by atoms with Crippen molar-refractivity contribution in [2.24, 2.45) is 0 Å². The van der Waals surface area contributed by atoms with Gasteiger partial charge >= 0.3 is 0 Å². The normalized spacial score (nSPS) is 13.5. The molecule has 90 valence electrons. The Labute approximate surface area is 105 Å².